The molecule has 1 N–H and O–H groups in total. The van der Waals surface area contributed by atoms with E-state index in [1.165, 1.54) is 5.56 Å². The van der Waals surface area contributed by atoms with E-state index in [-0.39, 0.29) is 0 Å². The van der Waals surface area contributed by atoms with Crippen LogP contribution < -0.4 is 5.32 Å². The highest BCUT2D eigenvalue weighted by Gasteiger charge is 2.02. The number of nitrogens with one attached hydrogen (secondary N) is 1. The molecule has 0 atom stereocenters. The third-order valence-corrected chi connectivity index (χ3v) is 2.71. The largest absolute Gasteiger partial charge is 0.354 e. The molecule has 0 fully saturated rings. The molecule has 0 aliphatic rings. The monoisotopic (exact) mass is 248 g/mol. The fourth-order valence-corrected chi connectivity index (χ4v) is 1.86. The molecule has 0 aliphatic carbocycles. The van der Waals surface area contributed by atoms with Crippen molar-refractivity contribution in [3.63, 3.8) is 0 Å². The van der Waals surface area contributed by atoms with Gasteiger partial charge in [0.25, 0.3) is 0 Å². The molecule has 98 valence electrons. The van der Waals surface area contributed by atoms with E-state index < -0.39 is 0 Å². The minimum absolute atomic E-state index is 0.696. The Morgan fingerprint density at radius 2 is 2.33 bits per heavy atom. The van der Waals surface area contributed by atoms with Gasteiger partial charge in [0, 0.05) is 38.4 Å². The minimum Gasteiger partial charge on any atom is -0.354 e. The maximum absolute atomic E-state index is 5.05. The van der Waals surface area contributed by atoms with Crippen molar-refractivity contribution in [2.24, 2.45) is 0 Å². The summed E-state index contributed by atoms with van der Waals surface area (Å²) < 4.78 is 7.27. The maximum atomic E-state index is 5.05. The molecule has 18 heavy (non-hydrogen) atoms. The molecule has 5 heteroatoms. The van der Waals surface area contributed by atoms with Crippen LogP contribution in [0.1, 0.15) is 30.6 Å². The average Bonchev–Trinajstić information content (AvgIpc) is 2.95. The SMILES string of the molecule is CCCn1ccc(CNCCc2nc(C)no2)c1. The second kappa shape index (κ2) is 6.35. The number of aryl methyl sites for hydroxylation is 2. The summed E-state index contributed by atoms with van der Waals surface area (Å²) in [7, 11) is 0. The molecule has 0 bridgehead atoms. The van der Waals surface area contributed by atoms with E-state index in [0.717, 1.165) is 32.5 Å². The van der Waals surface area contributed by atoms with Gasteiger partial charge in [-0.25, -0.2) is 0 Å². The van der Waals surface area contributed by atoms with Gasteiger partial charge < -0.3 is 14.4 Å². The van der Waals surface area contributed by atoms with E-state index in [2.05, 4.69) is 45.4 Å². The second-order valence-electron chi connectivity index (χ2n) is 4.42. The highest BCUT2D eigenvalue weighted by Crippen LogP contribution is 2.02. The Kier molecular flexibility index (Phi) is 4.52. The zero-order valence-corrected chi connectivity index (χ0v) is 11.0. The van der Waals surface area contributed by atoms with Crippen LogP contribution in [0, 0.1) is 6.92 Å². The molecule has 0 saturated heterocycles. The van der Waals surface area contributed by atoms with Crippen LogP contribution in [-0.4, -0.2) is 21.3 Å². The Labute approximate surface area is 107 Å². The highest BCUT2D eigenvalue weighted by molar-refractivity contribution is 5.09. The highest BCUT2D eigenvalue weighted by atomic mass is 16.5. The molecule has 0 saturated carbocycles. The van der Waals surface area contributed by atoms with Crippen LogP contribution in [0.25, 0.3) is 0 Å². The Morgan fingerprint density at radius 3 is 3.06 bits per heavy atom. The van der Waals surface area contributed by atoms with Gasteiger partial charge in [0.1, 0.15) is 0 Å². The zero-order valence-electron chi connectivity index (χ0n) is 11.0. The van der Waals surface area contributed by atoms with Crippen molar-refractivity contribution in [2.45, 2.75) is 39.8 Å². The molecule has 2 rings (SSSR count). The van der Waals surface area contributed by atoms with Crippen molar-refractivity contribution in [3.8, 4) is 0 Å². The molecule has 0 radical (unpaired) electrons. The van der Waals surface area contributed by atoms with Gasteiger partial charge in [-0.15, -0.1) is 0 Å². The van der Waals surface area contributed by atoms with Crippen LogP contribution in [0.4, 0.5) is 0 Å². The van der Waals surface area contributed by atoms with Gasteiger partial charge in [0.05, 0.1) is 0 Å². The van der Waals surface area contributed by atoms with Crippen LogP contribution in [0.3, 0.4) is 0 Å². The summed E-state index contributed by atoms with van der Waals surface area (Å²) in [5.41, 5.74) is 1.31. The fraction of sp³-hybridized carbons (Fsp3) is 0.538. The molecule has 5 nitrogen and oxygen atoms in total. The van der Waals surface area contributed by atoms with Crippen LogP contribution in [0.5, 0.6) is 0 Å². The van der Waals surface area contributed by atoms with Crippen molar-refractivity contribution in [2.75, 3.05) is 6.54 Å². The predicted molar refractivity (Wildman–Crippen MR) is 69.2 cm³/mol. The standard InChI is InChI=1S/C13H20N4O/c1-3-7-17-8-5-12(10-17)9-14-6-4-13-15-11(2)16-18-13/h5,8,10,14H,3-4,6-7,9H2,1-2H3. The van der Waals surface area contributed by atoms with Gasteiger partial charge in [-0.05, 0) is 25.0 Å². The summed E-state index contributed by atoms with van der Waals surface area (Å²) >= 11 is 0. The van der Waals surface area contributed by atoms with Crippen molar-refractivity contribution in [1.29, 1.82) is 0 Å². The van der Waals surface area contributed by atoms with Gasteiger partial charge in [0.15, 0.2) is 5.82 Å². The zero-order chi connectivity index (χ0) is 12.8. The van der Waals surface area contributed by atoms with E-state index in [1.54, 1.807) is 0 Å². The first-order valence-electron chi connectivity index (χ1n) is 6.42. The Morgan fingerprint density at radius 1 is 1.44 bits per heavy atom. The lowest BCUT2D eigenvalue weighted by Crippen LogP contribution is -2.16. The van der Waals surface area contributed by atoms with Gasteiger partial charge in [-0.1, -0.05) is 12.1 Å². The minimum atomic E-state index is 0.696. The lowest BCUT2D eigenvalue weighted by atomic mass is 10.3. The van der Waals surface area contributed by atoms with E-state index >= 15 is 0 Å². The van der Waals surface area contributed by atoms with Crippen LogP contribution in [0.2, 0.25) is 0 Å². The summed E-state index contributed by atoms with van der Waals surface area (Å²) in [5, 5.41) is 7.13. The molecule has 0 aliphatic heterocycles. The number of aromatic nitrogens is 3. The van der Waals surface area contributed by atoms with Crippen LogP contribution in [0.15, 0.2) is 23.0 Å². The van der Waals surface area contributed by atoms with E-state index in [9.17, 15) is 0 Å². The number of nitrogens with zero attached hydrogens (tertiary/aromatic N) is 3. The molecule has 0 amide bonds. The molecular weight excluding hydrogens is 228 g/mol. The molecule has 0 spiro atoms. The Bertz CT molecular complexity index is 475. The number of rotatable bonds is 7. The normalized spacial score (nSPS) is 11.0. The van der Waals surface area contributed by atoms with Crippen molar-refractivity contribution < 1.29 is 4.52 Å². The van der Waals surface area contributed by atoms with Crippen LogP contribution in [-0.2, 0) is 19.5 Å². The quantitative estimate of drug-likeness (QED) is 0.761. The van der Waals surface area contributed by atoms with E-state index in [0.29, 0.717) is 11.7 Å². The Hall–Kier alpha value is -1.62. The Balaban J connectivity index is 1.68. The summed E-state index contributed by atoms with van der Waals surface area (Å²) in [6.45, 7) is 6.83. The van der Waals surface area contributed by atoms with Crippen molar-refractivity contribution >= 4 is 0 Å². The van der Waals surface area contributed by atoms with Crippen molar-refractivity contribution in [1.82, 2.24) is 20.0 Å². The molecule has 2 aromatic rings. The third-order valence-electron chi connectivity index (χ3n) is 2.71. The molecular formula is C13H20N4O. The van der Waals surface area contributed by atoms with Crippen LogP contribution >= 0.6 is 0 Å². The molecule has 2 aromatic heterocycles. The average molecular weight is 248 g/mol. The summed E-state index contributed by atoms with van der Waals surface area (Å²) in [6, 6.07) is 2.15. The van der Waals surface area contributed by atoms with E-state index in [4.69, 9.17) is 4.52 Å². The number of hydrogen-bond donors (Lipinski definition) is 1. The summed E-state index contributed by atoms with van der Waals surface area (Å²) in [6.07, 6.45) is 6.25. The first-order chi connectivity index (χ1) is 8.78. The number of hydrogen-bond acceptors (Lipinski definition) is 4. The van der Waals surface area contributed by atoms with Gasteiger partial charge in [0.2, 0.25) is 5.89 Å². The van der Waals surface area contributed by atoms with Gasteiger partial charge in [-0.3, -0.25) is 0 Å². The molecule has 0 unspecified atom stereocenters. The molecule has 0 aromatic carbocycles. The van der Waals surface area contributed by atoms with E-state index in [1.807, 2.05) is 6.92 Å². The lowest BCUT2D eigenvalue weighted by molar-refractivity contribution is 0.372. The topological polar surface area (TPSA) is 55.9 Å². The first kappa shape index (κ1) is 12.8. The maximum Gasteiger partial charge on any atom is 0.227 e. The van der Waals surface area contributed by atoms with Gasteiger partial charge >= 0.3 is 0 Å². The summed E-state index contributed by atoms with van der Waals surface area (Å²) in [5.74, 6) is 1.39. The van der Waals surface area contributed by atoms with Gasteiger partial charge in [-0.2, -0.15) is 4.98 Å². The second-order valence-corrected chi connectivity index (χ2v) is 4.42. The lowest BCUT2D eigenvalue weighted by Gasteiger charge is -2.01. The summed E-state index contributed by atoms with van der Waals surface area (Å²) in [4.78, 5) is 4.16. The predicted octanol–water partition coefficient (Wildman–Crippen LogP) is 1.92. The smallest absolute Gasteiger partial charge is 0.227 e. The van der Waals surface area contributed by atoms with Crippen molar-refractivity contribution in [3.05, 3.63) is 35.7 Å². The third kappa shape index (κ3) is 3.70. The first-order valence-corrected chi connectivity index (χ1v) is 6.42. The fourth-order valence-electron chi connectivity index (χ4n) is 1.86. The molecule has 2 heterocycles.